The number of H-pyrrole nitrogens is 1. The highest BCUT2D eigenvalue weighted by Gasteiger charge is 2.15. The zero-order chi connectivity index (χ0) is 21.1. The van der Waals surface area contributed by atoms with Gasteiger partial charge in [0.15, 0.2) is 0 Å². The second kappa shape index (κ2) is 8.42. The number of halogens is 1. The van der Waals surface area contributed by atoms with Crippen LogP contribution in [0.2, 0.25) is 0 Å². The minimum absolute atomic E-state index is 0.225. The number of benzene rings is 2. The molecule has 10 heteroatoms. The van der Waals surface area contributed by atoms with Gasteiger partial charge in [-0.05, 0) is 53.9 Å². The van der Waals surface area contributed by atoms with Crippen LogP contribution in [0.4, 0.5) is 5.69 Å². The lowest BCUT2D eigenvalue weighted by Gasteiger charge is -2.07. The highest BCUT2D eigenvalue weighted by molar-refractivity contribution is 9.10. The van der Waals surface area contributed by atoms with Crippen LogP contribution in [0.5, 0.6) is 0 Å². The quantitative estimate of drug-likeness (QED) is 0.266. The maximum Gasteiger partial charge on any atom is 0.271 e. The molecular formula is C20H15BrN4O3S2. The Labute approximate surface area is 185 Å². The number of sulfonamides is 1. The summed E-state index contributed by atoms with van der Waals surface area (Å²) in [6, 6.07) is 15.2. The Morgan fingerprint density at radius 3 is 2.67 bits per heavy atom. The van der Waals surface area contributed by atoms with Gasteiger partial charge in [0, 0.05) is 38.4 Å². The number of amides is 1. The van der Waals surface area contributed by atoms with Gasteiger partial charge >= 0.3 is 0 Å². The van der Waals surface area contributed by atoms with Crippen molar-refractivity contribution in [2.45, 2.75) is 4.21 Å². The van der Waals surface area contributed by atoms with Crippen LogP contribution in [-0.2, 0) is 10.0 Å². The molecule has 3 N–H and O–H groups in total. The molecule has 2 heterocycles. The second-order valence-corrected chi connectivity index (χ2v) is 10.0. The maximum atomic E-state index is 12.3. The van der Waals surface area contributed by atoms with Crippen molar-refractivity contribution >= 4 is 66.0 Å². The van der Waals surface area contributed by atoms with E-state index >= 15 is 0 Å². The van der Waals surface area contributed by atoms with Gasteiger partial charge in [0.05, 0.1) is 6.21 Å². The third kappa shape index (κ3) is 4.45. The summed E-state index contributed by atoms with van der Waals surface area (Å²) in [7, 11) is -3.63. The van der Waals surface area contributed by atoms with E-state index in [0.717, 1.165) is 32.3 Å². The van der Waals surface area contributed by atoms with Crippen molar-refractivity contribution in [2.24, 2.45) is 5.10 Å². The summed E-state index contributed by atoms with van der Waals surface area (Å²) in [5, 5.41) is 6.68. The van der Waals surface area contributed by atoms with Crippen molar-refractivity contribution in [3.05, 3.63) is 81.8 Å². The molecule has 0 saturated heterocycles. The molecule has 0 aliphatic carbocycles. The molecule has 4 aromatic rings. The van der Waals surface area contributed by atoms with Gasteiger partial charge in [0.1, 0.15) is 4.21 Å². The molecule has 2 aromatic heterocycles. The van der Waals surface area contributed by atoms with E-state index in [0.29, 0.717) is 11.3 Å². The summed E-state index contributed by atoms with van der Waals surface area (Å²) in [5.74, 6) is -0.403. The highest BCUT2D eigenvalue weighted by Crippen LogP contribution is 2.22. The number of hydrazone groups is 1. The fourth-order valence-corrected chi connectivity index (χ4v) is 5.17. The number of aromatic amines is 1. The third-order valence-electron chi connectivity index (χ3n) is 4.20. The molecule has 0 saturated carbocycles. The van der Waals surface area contributed by atoms with E-state index in [1.54, 1.807) is 23.9 Å². The fourth-order valence-electron chi connectivity index (χ4n) is 2.76. The van der Waals surface area contributed by atoms with E-state index in [1.165, 1.54) is 30.3 Å². The summed E-state index contributed by atoms with van der Waals surface area (Å²) >= 11 is 4.57. The van der Waals surface area contributed by atoms with Crippen molar-refractivity contribution in [3.8, 4) is 0 Å². The van der Waals surface area contributed by atoms with Crippen molar-refractivity contribution in [3.63, 3.8) is 0 Å². The first-order valence-electron chi connectivity index (χ1n) is 8.69. The number of nitrogens with zero attached hydrogens (tertiary/aromatic N) is 1. The van der Waals surface area contributed by atoms with Crippen molar-refractivity contribution < 1.29 is 13.2 Å². The molecule has 0 atom stereocenters. The Bertz CT molecular complexity index is 1330. The molecule has 0 aliphatic heterocycles. The Hall–Kier alpha value is -2.95. The Kier molecular flexibility index (Phi) is 5.71. The monoisotopic (exact) mass is 502 g/mol. The van der Waals surface area contributed by atoms with Crippen LogP contribution >= 0.6 is 27.3 Å². The molecule has 7 nitrogen and oxygen atoms in total. The topological polar surface area (TPSA) is 103 Å². The van der Waals surface area contributed by atoms with Crippen LogP contribution in [-0.4, -0.2) is 25.5 Å². The molecule has 0 fully saturated rings. The molecular weight excluding hydrogens is 488 g/mol. The van der Waals surface area contributed by atoms with Gasteiger partial charge in [0.2, 0.25) is 0 Å². The fraction of sp³-hybridized carbons (Fsp3) is 0. The zero-order valence-corrected chi connectivity index (χ0v) is 18.5. The molecule has 0 aliphatic rings. The number of fused-ring (bicyclic) bond motifs is 1. The van der Waals surface area contributed by atoms with Gasteiger partial charge < -0.3 is 4.98 Å². The largest absolute Gasteiger partial charge is 0.361 e. The second-order valence-electron chi connectivity index (χ2n) is 6.25. The van der Waals surface area contributed by atoms with Gasteiger partial charge in [-0.15, -0.1) is 11.3 Å². The summed E-state index contributed by atoms with van der Waals surface area (Å²) in [6.07, 6.45) is 3.37. The number of aromatic nitrogens is 1. The number of hydrogen-bond acceptors (Lipinski definition) is 5. The summed E-state index contributed by atoms with van der Waals surface area (Å²) in [5.41, 5.74) is 5.00. The molecule has 0 bridgehead atoms. The minimum atomic E-state index is -3.63. The number of anilines is 1. The first kappa shape index (κ1) is 20.3. The number of thiophene rings is 1. The molecule has 0 radical (unpaired) electrons. The summed E-state index contributed by atoms with van der Waals surface area (Å²) < 4.78 is 28.1. The van der Waals surface area contributed by atoms with Gasteiger partial charge in [-0.1, -0.05) is 22.0 Å². The first-order chi connectivity index (χ1) is 14.4. The number of hydrogen-bond donors (Lipinski definition) is 3. The number of carbonyl (C=O) groups is 1. The normalized spacial score (nSPS) is 11.8. The van der Waals surface area contributed by atoms with Crippen LogP contribution in [0, 0.1) is 0 Å². The smallest absolute Gasteiger partial charge is 0.271 e. The molecule has 1 amide bonds. The van der Waals surface area contributed by atoms with Gasteiger partial charge in [0.25, 0.3) is 15.9 Å². The SMILES string of the molecule is O=C(N/N=C/c1c[nH]c2ccc(Br)cc12)c1ccc(NS(=O)(=O)c2cccs2)cc1. The number of carbonyl (C=O) groups excluding carboxylic acids is 1. The number of nitrogens with one attached hydrogen (secondary N) is 3. The van der Waals surface area contributed by atoms with Gasteiger partial charge in [-0.25, -0.2) is 13.8 Å². The molecule has 0 unspecified atom stereocenters. The predicted molar refractivity (Wildman–Crippen MR) is 123 cm³/mol. The maximum absolute atomic E-state index is 12.3. The molecule has 0 spiro atoms. The van der Waals surface area contributed by atoms with E-state index in [4.69, 9.17) is 0 Å². The lowest BCUT2D eigenvalue weighted by atomic mass is 10.2. The lowest BCUT2D eigenvalue weighted by molar-refractivity contribution is 0.0955. The lowest BCUT2D eigenvalue weighted by Crippen LogP contribution is -2.17. The summed E-state index contributed by atoms with van der Waals surface area (Å²) in [6.45, 7) is 0. The molecule has 152 valence electrons. The first-order valence-corrected chi connectivity index (χ1v) is 11.8. The van der Waals surface area contributed by atoms with E-state index in [-0.39, 0.29) is 4.21 Å². The van der Waals surface area contributed by atoms with E-state index in [1.807, 2.05) is 18.2 Å². The Morgan fingerprint density at radius 1 is 1.13 bits per heavy atom. The van der Waals surface area contributed by atoms with Crippen molar-refractivity contribution in [1.82, 2.24) is 10.4 Å². The average molecular weight is 503 g/mol. The predicted octanol–water partition coefficient (Wildman–Crippen LogP) is 4.56. The molecule has 2 aromatic carbocycles. The van der Waals surface area contributed by atoms with E-state index < -0.39 is 15.9 Å². The third-order valence-corrected chi connectivity index (χ3v) is 7.48. The van der Waals surface area contributed by atoms with Crippen LogP contribution < -0.4 is 10.1 Å². The molecule has 30 heavy (non-hydrogen) atoms. The Morgan fingerprint density at radius 2 is 1.93 bits per heavy atom. The molecule has 4 rings (SSSR count). The highest BCUT2D eigenvalue weighted by atomic mass is 79.9. The van der Waals surface area contributed by atoms with Crippen LogP contribution in [0.15, 0.2) is 80.0 Å². The van der Waals surface area contributed by atoms with Crippen molar-refractivity contribution in [2.75, 3.05) is 4.72 Å². The average Bonchev–Trinajstić information content (AvgIpc) is 3.39. The standard InChI is InChI=1S/C20H15BrN4O3S2/c21-15-5-8-18-17(10-15)14(11-22-18)12-23-24-20(26)13-3-6-16(7-4-13)25-30(27,28)19-2-1-9-29-19/h1-12,22,25H,(H,24,26)/b23-12+. The minimum Gasteiger partial charge on any atom is -0.361 e. The van der Waals surface area contributed by atoms with Crippen LogP contribution in [0.3, 0.4) is 0 Å². The van der Waals surface area contributed by atoms with Crippen LogP contribution in [0.1, 0.15) is 15.9 Å². The Balaban J connectivity index is 1.41. The van der Waals surface area contributed by atoms with E-state index in [2.05, 4.69) is 36.2 Å². The van der Waals surface area contributed by atoms with E-state index in [9.17, 15) is 13.2 Å². The summed E-state index contributed by atoms with van der Waals surface area (Å²) in [4.78, 5) is 15.4. The van der Waals surface area contributed by atoms with Gasteiger partial charge in [-0.3, -0.25) is 9.52 Å². The number of rotatable bonds is 6. The van der Waals surface area contributed by atoms with Gasteiger partial charge in [-0.2, -0.15) is 5.10 Å². The van der Waals surface area contributed by atoms with Crippen LogP contribution in [0.25, 0.3) is 10.9 Å². The van der Waals surface area contributed by atoms with Crippen molar-refractivity contribution in [1.29, 1.82) is 0 Å². The zero-order valence-electron chi connectivity index (χ0n) is 15.3.